The zero-order valence-electron chi connectivity index (χ0n) is 15.5. The Morgan fingerprint density at radius 3 is 2.30 bits per heavy atom. The highest BCUT2D eigenvalue weighted by Crippen LogP contribution is 2.26. The Labute approximate surface area is 157 Å². The number of amides is 2. The maximum Gasteiger partial charge on any atom is 0.321 e. The van der Waals surface area contributed by atoms with Crippen molar-refractivity contribution in [3.63, 3.8) is 0 Å². The second-order valence-corrected chi connectivity index (χ2v) is 5.92. The van der Waals surface area contributed by atoms with Crippen LogP contribution in [0, 0.1) is 0 Å². The number of benzene rings is 1. The molecule has 2 aromatic rings. The molecule has 144 valence electrons. The number of urea groups is 1. The van der Waals surface area contributed by atoms with E-state index in [1.807, 2.05) is 0 Å². The molecule has 0 radical (unpaired) electrons. The molecule has 1 N–H and O–H groups in total. The van der Waals surface area contributed by atoms with Crippen LogP contribution in [0.2, 0.25) is 0 Å². The Kier molecular flexibility index (Phi) is 5.80. The Morgan fingerprint density at radius 2 is 1.70 bits per heavy atom. The van der Waals surface area contributed by atoms with Gasteiger partial charge in [-0.1, -0.05) is 0 Å². The van der Waals surface area contributed by atoms with Gasteiger partial charge in [-0.2, -0.15) is 0 Å². The molecule has 0 bridgehead atoms. The number of anilines is 1. The van der Waals surface area contributed by atoms with E-state index in [9.17, 15) is 4.79 Å². The van der Waals surface area contributed by atoms with Crippen LogP contribution in [0.3, 0.4) is 0 Å². The lowest BCUT2D eigenvalue weighted by molar-refractivity contribution is 0.188. The van der Waals surface area contributed by atoms with Gasteiger partial charge in [0.05, 0.1) is 27.9 Å². The minimum absolute atomic E-state index is 0.140. The summed E-state index contributed by atoms with van der Waals surface area (Å²) in [6, 6.07) is 8.37. The summed E-state index contributed by atoms with van der Waals surface area (Å²) in [6.45, 7) is 1.04. The summed E-state index contributed by atoms with van der Waals surface area (Å²) >= 11 is 0. The number of carbonyl (C=O) groups is 1. The summed E-state index contributed by atoms with van der Waals surface area (Å²) in [6.07, 6.45) is 0.570. The molecule has 9 heteroatoms. The van der Waals surface area contributed by atoms with Gasteiger partial charge in [0.1, 0.15) is 17.6 Å². The van der Waals surface area contributed by atoms with Crippen LogP contribution in [0.25, 0.3) is 0 Å². The van der Waals surface area contributed by atoms with Crippen molar-refractivity contribution in [2.24, 2.45) is 0 Å². The molecule has 2 heterocycles. The Morgan fingerprint density at radius 1 is 1.04 bits per heavy atom. The van der Waals surface area contributed by atoms with Crippen LogP contribution in [0.1, 0.15) is 6.42 Å². The van der Waals surface area contributed by atoms with Gasteiger partial charge in [0.2, 0.25) is 11.8 Å². The van der Waals surface area contributed by atoms with Crippen LogP contribution < -0.4 is 24.3 Å². The molecule has 1 saturated heterocycles. The fourth-order valence-electron chi connectivity index (χ4n) is 2.74. The van der Waals surface area contributed by atoms with Crippen LogP contribution >= 0.6 is 0 Å². The summed E-state index contributed by atoms with van der Waals surface area (Å²) in [5.41, 5.74) is 0.599. The van der Waals surface area contributed by atoms with Gasteiger partial charge in [0.15, 0.2) is 0 Å². The van der Waals surface area contributed by atoms with Gasteiger partial charge in [-0.15, -0.1) is 10.2 Å². The molecule has 1 aromatic carbocycles. The van der Waals surface area contributed by atoms with E-state index >= 15 is 0 Å². The van der Waals surface area contributed by atoms with Gasteiger partial charge < -0.3 is 29.2 Å². The first-order valence-electron chi connectivity index (χ1n) is 8.44. The average molecular weight is 374 g/mol. The first-order chi connectivity index (χ1) is 13.1. The summed E-state index contributed by atoms with van der Waals surface area (Å²) in [7, 11) is 4.64. The van der Waals surface area contributed by atoms with Crippen molar-refractivity contribution in [2.45, 2.75) is 12.5 Å². The molecule has 0 saturated carbocycles. The first kappa shape index (κ1) is 18.6. The molecule has 1 aromatic heterocycles. The summed E-state index contributed by atoms with van der Waals surface area (Å²) in [5.74, 6) is 2.03. The lowest BCUT2D eigenvalue weighted by atomic mass is 10.3. The SMILES string of the molecule is COc1cc(NC(=O)N2CCC(Oc3ccc(OC)nn3)C2)cc(OC)c1. The number of ether oxygens (including phenoxy) is 4. The van der Waals surface area contributed by atoms with Gasteiger partial charge in [-0.3, -0.25) is 0 Å². The van der Waals surface area contributed by atoms with Crippen molar-refractivity contribution in [1.29, 1.82) is 0 Å². The average Bonchev–Trinajstić information content (AvgIpc) is 3.17. The van der Waals surface area contributed by atoms with Gasteiger partial charge in [0, 0.05) is 49.0 Å². The van der Waals surface area contributed by atoms with Gasteiger partial charge in [0.25, 0.3) is 0 Å². The van der Waals surface area contributed by atoms with Crippen molar-refractivity contribution < 1.29 is 23.7 Å². The van der Waals surface area contributed by atoms with E-state index in [0.717, 1.165) is 0 Å². The molecule has 27 heavy (non-hydrogen) atoms. The summed E-state index contributed by atoms with van der Waals surface area (Å²) in [4.78, 5) is 14.2. The Hall–Kier alpha value is -3.23. The second-order valence-electron chi connectivity index (χ2n) is 5.92. The van der Waals surface area contributed by atoms with E-state index in [2.05, 4.69) is 15.5 Å². The molecule has 0 spiro atoms. The monoisotopic (exact) mass is 374 g/mol. The number of nitrogens with one attached hydrogen (secondary N) is 1. The maximum absolute atomic E-state index is 12.5. The fourth-order valence-corrected chi connectivity index (χ4v) is 2.74. The fraction of sp³-hybridized carbons (Fsp3) is 0.389. The standard InChI is InChI=1S/C18H22N4O5/c1-24-14-8-12(9-15(10-14)25-2)19-18(23)22-7-6-13(11-22)27-17-5-4-16(26-3)20-21-17/h4-5,8-10,13H,6-7,11H2,1-3H3,(H,19,23). The summed E-state index contributed by atoms with van der Waals surface area (Å²) in [5, 5.41) is 10.7. The second kappa shape index (κ2) is 8.43. The van der Waals surface area contributed by atoms with E-state index in [0.29, 0.717) is 48.5 Å². The van der Waals surface area contributed by atoms with Crippen molar-refractivity contribution in [1.82, 2.24) is 15.1 Å². The van der Waals surface area contributed by atoms with E-state index < -0.39 is 0 Å². The third kappa shape index (κ3) is 4.69. The third-order valence-electron chi connectivity index (χ3n) is 4.15. The molecule has 9 nitrogen and oxygen atoms in total. The van der Waals surface area contributed by atoms with Crippen LogP contribution in [0.4, 0.5) is 10.5 Å². The highest BCUT2D eigenvalue weighted by Gasteiger charge is 2.28. The van der Waals surface area contributed by atoms with Crippen LogP contribution in [-0.4, -0.2) is 61.7 Å². The molecule has 1 unspecified atom stereocenters. The largest absolute Gasteiger partial charge is 0.497 e. The zero-order chi connectivity index (χ0) is 19.2. The number of hydrogen-bond acceptors (Lipinski definition) is 7. The molecule has 1 atom stereocenters. The van der Waals surface area contributed by atoms with Crippen LogP contribution in [0.5, 0.6) is 23.3 Å². The molecule has 1 fully saturated rings. The number of nitrogens with zero attached hydrogens (tertiary/aromatic N) is 3. The Bertz CT molecular complexity index is 762. The third-order valence-corrected chi connectivity index (χ3v) is 4.15. The van der Waals surface area contributed by atoms with E-state index in [-0.39, 0.29) is 12.1 Å². The number of hydrogen-bond donors (Lipinski definition) is 1. The lowest BCUT2D eigenvalue weighted by Gasteiger charge is -2.18. The number of likely N-dealkylation sites (tertiary alicyclic amines) is 1. The molecule has 1 aliphatic heterocycles. The minimum Gasteiger partial charge on any atom is -0.497 e. The van der Waals surface area contributed by atoms with Crippen LogP contribution in [0.15, 0.2) is 30.3 Å². The van der Waals surface area contributed by atoms with Crippen molar-refractivity contribution in [3.05, 3.63) is 30.3 Å². The molecule has 3 rings (SSSR count). The topological polar surface area (TPSA) is 95.0 Å². The van der Waals surface area contributed by atoms with Gasteiger partial charge in [-0.05, 0) is 0 Å². The molecule has 1 aliphatic rings. The van der Waals surface area contributed by atoms with Gasteiger partial charge in [-0.25, -0.2) is 4.79 Å². The van der Waals surface area contributed by atoms with Crippen molar-refractivity contribution >= 4 is 11.7 Å². The highest BCUT2D eigenvalue weighted by molar-refractivity contribution is 5.90. The predicted molar refractivity (Wildman–Crippen MR) is 97.8 cm³/mol. The zero-order valence-corrected chi connectivity index (χ0v) is 15.5. The van der Waals surface area contributed by atoms with Crippen molar-refractivity contribution in [2.75, 3.05) is 39.7 Å². The summed E-state index contributed by atoms with van der Waals surface area (Å²) < 4.78 is 21.2. The first-order valence-corrected chi connectivity index (χ1v) is 8.44. The quantitative estimate of drug-likeness (QED) is 0.828. The number of methoxy groups -OCH3 is 3. The highest BCUT2D eigenvalue weighted by atomic mass is 16.5. The van der Waals surface area contributed by atoms with Crippen LogP contribution in [-0.2, 0) is 0 Å². The number of rotatable bonds is 6. The van der Waals surface area contributed by atoms with E-state index in [4.69, 9.17) is 18.9 Å². The molecular formula is C18H22N4O5. The molecule has 0 aliphatic carbocycles. The lowest BCUT2D eigenvalue weighted by Crippen LogP contribution is -2.34. The Balaban J connectivity index is 1.57. The van der Waals surface area contributed by atoms with E-state index in [1.54, 1.807) is 49.5 Å². The number of carbonyl (C=O) groups excluding carboxylic acids is 1. The number of aromatic nitrogens is 2. The normalized spacial score (nSPS) is 16.0. The maximum atomic E-state index is 12.5. The predicted octanol–water partition coefficient (Wildman–Crippen LogP) is 2.19. The van der Waals surface area contributed by atoms with Gasteiger partial charge >= 0.3 is 6.03 Å². The minimum atomic E-state index is -0.211. The van der Waals surface area contributed by atoms with Crippen molar-refractivity contribution in [3.8, 4) is 23.3 Å². The molecular weight excluding hydrogens is 352 g/mol. The smallest absolute Gasteiger partial charge is 0.321 e. The molecule has 2 amide bonds. The van der Waals surface area contributed by atoms with E-state index in [1.165, 1.54) is 7.11 Å².